The summed E-state index contributed by atoms with van der Waals surface area (Å²) in [6, 6.07) is 3.37. The summed E-state index contributed by atoms with van der Waals surface area (Å²) in [6.07, 6.45) is 0.574. The van der Waals surface area contributed by atoms with Crippen molar-refractivity contribution in [2.75, 3.05) is 20.6 Å². The lowest BCUT2D eigenvalue weighted by Gasteiger charge is -2.44. The molecular formula is C19H28F2N2O2. The molecule has 1 aromatic rings. The maximum Gasteiger partial charge on any atom is 0.217 e. The molecule has 1 amide bonds. The van der Waals surface area contributed by atoms with Gasteiger partial charge in [-0.3, -0.25) is 4.79 Å². The zero-order valence-corrected chi connectivity index (χ0v) is 15.6. The Balaban J connectivity index is 2.28. The van der Waals surface area contributed by atoms with Crippen LogP contribution in [0.5, 0.6) is 0 Å². The third kappa shape index (κ3) is 5.47. The number of amides is 1. The van der Waals surface area contributed by atoms with E-state index in [2.05, 4.69) is 24.1 Å². The van der Waals surface area contributed by atoms with Gasteiger partial charge in [-0.15, -0.1) is 0 Å². The van der Waals surface area contributed by atoms with E-state index in [1.54, 1.807) is 0 Å². The highest BCUT2D eigenvalue weighted by Crippen LogP contribution is 2.39. The Kier molecular flexibility index (Phi) is 6.16. The fourth-order valence-electron chi connectivity index (χ4n) is 3.72. The summed E-state index contributed by atoms with van der Waals surface area (Å²) in [5.74, 6) is -1.35. The van der Waals surface area contributed by atoms with Gasteiger partial charge in [-0.1, -0.05) is 13.8 Å². The molecular weight excluding hydrogens is 326 g/mol. The number of nitrogens with zero attached hydrogens (tertiary/aromatic N) is 1. The first-order valence-electron chi connectivity index (χ1n) is 8.60. The molecule has 0 unspecified atom stereocenters. The summed E-state index contributed by atoms with van der Waals surface area (Å²) < 4.78 is 33.5. The fraction of sp³-hybridized carbons (Fsp3) is 0.632. The zero-order chi connectivity index (χ0) is 18.8. The van der Waals surface area contributed by atoms with Crippen LogP contribution in [0.25, 0.3) is 0 Å². The Morgan fingerprint density at radius 1 is 1.24 bits per heavy atom. The summed E-state index contributed by atoms with van der Waals surface area (Å²) in [7, 11) is 3.99. The van der Waals surface area contributed by atoms with Gasteiger partial charge in [-0.25, -0.2) is 8.78 Å². The molecule has 1 aliphatic rings. The molecule has 0 saturated carbocycles. The van der Waals surface area contributed by atoms with Crippen LogP contribution < -0.4 is 5.32 Å². The first-order chi connectivity index (χ1) is 11.6. The summed E-state index contributed by atoms with van der Waals surface area (Å²) in [5, 5.41) is 2.95. The number of halogens is 2. The maximum atomic E-state index is 13.6. The molecule has 6 heteroatoms. The highest BCUT2D eigenvalue weighted by atomic mass is 19.1. The van der Waals surface area contributed by atoms with Gasteiger partial charge < -0.3 is 15.0 Å². The minimum Gasteiger partial charge on any atom is -0.370 e. The summed E-state index contributed by atoms with van der Waals surface area (Å²) in [5.41, 5.74) is 0.295. The molecule has 0 radical (unpaired) electrons. The van der Waals surface area contributed by atoms with Crippen LogP contribution in [0.2, 0.25) is 0 Å². The molecule has 0 aromatic heterocycles. The van der Waals surface area contributed by atoms with E-state index in [9.17, 15) is 13.6 Å². The van der Waals surface area contributed by atoms with E-state index in [0.717, 1.165) is 12.6 Å². The predicted octanol–water partition coefficient (Wildman–Crippen LogP) is 3.28. The molecule has 3 atom stereocenters. The predicted molar refractivity (Wildman–Crippen MR) is 93.1 cm³/mol. The number of carbonyl (C=O) groups excluding carboxylic acids is 1. The fourth-order valence-corrected chi connectivity index (χ4v) is 3.72. The van der Waals surface area contributed by atoms with Crippen LogP contribution in [-0.4, -0.2) is 43.6 Å². The molecule has 2 rings (SSSR count). The molecule has 1 saturated heterocycles. The molecule has 1 aliphatic heterocycles. The van der Waals surface area contributed by atoms with Crippen LogP contribution in [0.15, 0.2) is 18.2 Å². The van der Waals surface area contributed by atoms with Crippen LogP contribution in [0.3, 0.4) is 0 Å². The summed E-state index contributed by atoms with van der Waals surface area (Å²) >= 11 is 0. The smallest absolute Gasteiger partial charge is 0.217 e. The Morgan fingerprint density at radius 2 is 1.84 bits per heavy atom. The number of benzene rings is 1. The van der Waals surface area contributed by atoms with Gasteiger partial charge in [0, 0.05) is 31.0 Å². The van der Waals surface area contributed by atoms with Crippen LogP contribution >= 0.6 is 0 Å². The van der Waals surface area contributed by atoms with Crippen molar-refractivity contribution in [1.29, 1.82) is 0 Å². The lowest BCUT2D eigenvalue weighted by atomic mass is 9.79. The van der Waals surface area contributed by atoms with Gasteiger partial charge in [-0.2, -0.15) is 0 Å². The quantitative estimate of drug-likeness (QED) is 0.882. The first kappa shape index (κ1) is 19.8. The normalized spacial score (nSPS) is 24.4. The summed E-state index contributed by atoms with van der Waals surface area (Å²) in [6.45, 7) is 6.50. The largest absolute Gasteiger partial charge is 0.370 e. The van der Waals surface area contributed by atoms with Gasteiger partial charge in [-0.05, 0) is 44.6 Å². The summed E-state index contributed by atoms with van der Waals surface area (Å²) in [4.78, 5) is 13.6. The molecule has 140 valence electrons. The topological polar surface area (TPSA) is 41.6 Å². The van der Waals surface area contributed by atoms with E-state index in [-0.39, 0.29) is 23.5 Å². The lowest BCUT2D eigenvalue weighted by molar-refractivity contribution is -0.130. The van der Waals surface area contributed by atoms with Crippen LogP contribution in [0.4, 0.5) is 8.78 Å². The SMILES string of the molecule is CC(=O)N[C@H]1C[C@@H](C(C)(C)CN(C)C)O[C@@H](c2cc(F)cc(F)c2)C1. The van der Waals surface area contributed by atoms with E-state index in [1.807, 2.05) is 14.1 Å². The number of nitrogens with one attached hydrogen (secondary N) is 1. The highest BCUT2D eigenvalue weighted by molar-refractivity contribution is 5.73. The molecule has 1 fully saturated rings. The maximum absolute atomic E-state index is 13.6. The molecule has 0 aliphatic carbocycles. The lowest BCUT2D eigenvalue weighted by Crippen LogP contribution is -2.49. The molecule has 0 bridgehead atoms. The number of ether oxygens (including phenoxy) is 1. The van der Waals surface area contributed by atoms with Crippen molar-refractivity contribution in [3.05, 3.63) is 35.4 Å². The minimum atomic E-state index is -0.621. The molecule has 1 heterocycles. The van der Waals surface area contributed by atoms with Crippen molar-refractivity contribution in [3.8, 4) is 0 Å². The average Bonchev–Trinajstić information content (AvgIpc) is 2.43. The number of rotatable bonds is 5. The van der Waals surface area contributed by atoms with Gasteiger partial charge >= 0.3 is 0 Å². The Bertz CT molecular complexity index is 599. The van der Waals surface area contributed by atoms with Crippen molar-refractivity contribution < 1.29 is 18.3 Å². The van der Waals surface area contributed by atoms with Gasteiger partial charge in [0.1, 0.15) is 11.6 Å². The molecule has 1 N–H and O–H groups in total. The number of hydrogen-bond acceptors (Lipinski definition) is 3. The number of hydrogen-bond donors (Lipinski definition) is 1. The van der Waals surface area contributed by atoms with E-state index in [0.29, 0.717) is 18.4 Å². The van der Waals surface area contributed by atoms with Crippen molar-refractivity contribution in [2.24, 2.45) is 5.41 Å². The van der Waals surface area contributed by atoms with E-state index in [1.165, 1.54) is 19.1 Å². The molecule has 4 nitrogen and oxygen atoms in total. The van der Waals surface area contributed by atoms with Crippen molar-refractivity contribution in [3.63, 3.8) is 0 Å². The van der Waals surface area contributed by atoms with Gasteiger partial charge in [0.25, 0.3) is 0 Å². The van der Waals surface area contributed by atoms with Crippen molar-refractivity contribution in [2.45, 2.75) is 51.9 Å². The van der Waals surface area contributed by atoms with Crippen LogP contribution in [-0.2, 0) is 9.53 Å². The molecule has 0 spiro atoms. The minimum absolute atomic E-state index is 0.0889. The van der Waals surface area contributed by atoms with Gasteiger partial charge in [0.2, 0.25) is 5.91 Å². The second-order valence-electron chi connectivity index (χ2n) is 7.91. The second kappa shape index (κ2) is 7.79. The van der Waals surface area contributed by atoms with E-state index in [4.69, 9.17) is 4.74 Å². The third-order valence-corrected chi connectivity index (χ3v) is 4.59. The van der Waals surface area contributed by atoms with Crippen LogP contribution in [0, 0.1) is 17.0 Å². The highest BCUT2D eigenvalue weighted by Gasteiger charge is 2.39. The second-order valence-corrected chi connectivity index (χ2v) is 7.91. The van der Waals surface area contributed by atoms with Crippen molar-refractivity contribution in [1.82, 2.24) is 10.2 Å². The van der Waals surface area contributed by atoms with E-state index < -0.39 is 17.7 Å². The van der Waals surface area contributed by atoms with Crippen LogP contribution in [0.1, 0.15) is 45.3 Å². The zero-order valence-electron chi connectivity index (χ0n) is 15.6. The van der Waals surface area contributed by atoms with Gasteiger partial charge in [0.15, 0.2) is 0 Å². The number of carbonyl (C=O) groups is 1. The monoisotopic (exact) mass is 354 g/mol. The Hall–Kier alpha value is -1.53. The third-order valence-electron chi connectivity index (χ3n) is 4.59. The van der Waals surface area contributed by atoms with Gasteiger partial charge in [0.05, 0.1) is 12.2 Å². The Morgan fingerprint density at radius 3 is 2.36 bits per heavy atom. The molecule has 25 heavy (non-hydrogen) atoms. The Labute approximate surface area is 148 Å². The average molecular weight is 354 g/mol. The molecule has 1 aromatic carbocycles. The first-order valence-corrected chi connectivity index (χ1v) is 8.60. The van der Waals surface area contributed by atoms with Crippen molar-refractivity contribution >= 4 is 5.91 Å². The standard InChI is InChI=1S/C19H28F2N2O2/c1-12(24)22-16-9-17(13-6-14(20)8-15(21)7-13)25-18(10-16)19(2,3)11-23(4)5/h6-8,16-18H,9-11H2,1-5H3,(H,22,24)/t16-,17-,18+/m1/s1. The van der Waals surface area contributed by atoms with E-state index >= 15 is 0 Å².